The number of ether oxygens (including phenoxy) is 1. The second-order valence-electron chi connectivity index (χ2n) is 11.7. The first-order chi connectivity index (χ1) is 26.7. The van der Waals surface area contributed by atoms with E-state index in [2.05, 4.69) is 10.6 Å². The Hall–Kier alpha value is -5.60. The Labute approximate surface area is 278 Å². The van der Waals surface area contributed by atoms with Gasteiger partial charge in [-0.2, -0.15) is 0 Å². The van der Waals surface area contributed by atoms with Crippen molar-refractivity contribution in [2.45, 2.75) is 19.3 Å². The van der Waals surface area contributed by atoms with Gasteiger partial charge in [-0.15, -0.1) is 0 Å². The van der Waals surface area contributed by atoms with Gasteiger partial charge < -0.3 is 9.30 Å². The van der Waals surface area contributed by atoms with E-state index in [9.17, 15) is 6.85 Å². The number of aromatic nitrogens is 1. The smallest absolute Gasteiger partial charge is 0.131 e. The third-order valence-corrected chi connectivity index (χ3v) is 8.72. The van der Waals surface area contributed by atoms with E-state index in [1.54, 1.807) is 19.9 Å². The lowest BCUT2D eigenvalue weighted by atomic mass is 9.75. The highest BCUT2D eigenvalue weighted by atomic mass is 16.5. The van der Waals surface area contributed by atoms with Crippen LogP contribution < -0.4 is 4.74 Å². The highest BCUT2D eigenvalue weighted by Gasteiger charge is 2.34. The van der Waals surface area contributed by atoms with Crippen molar-refractivity contribution in [1.82, 2.24) is 4.57 Å². The molecule has 0 saturated heterocycles. The van der Waals surface area contributed by atoms with Gasteiger partial charge in [0.15, 0.2) is 0 Å². The van der Waals surface area contributed by atoms with Gasteiger partial charge in [0.1, 0.15) is 11.5 Å². The molecule has 7 aromatic carbocycles. The summed E-state index contributed by atoms with van der Waals surface area (Å²) in [5.74, 6) is -0.426. The second kappa shape index (κ2) is 9.70. The third-order valence-electron chi connectivity index (χ3n) is 8.72. The van der Waals surface area contributed by atoms with E-state index < -0.39 is 53.8 Å². The van der Waals surface area contributed by atoms with Crippen LogP contribution in [0.25, 0.3) is 60.5 Å². The van der Waals surface area contributed by atoms with Gasteiger partial charge in [0.25, 0.3) is 0 Å². The summed E-state index contributed by atoms with van der Waals surface area (Å²) in [6.07, 6.45) is 0. The minimum absolute atomic E-state index is 0.0395. The molecular formula is C43H31NO. The Morgan fingerprint density at radius 3 is 2.20 bits per heavy atom. The van der Waals surface area contributed by atoms with Gasteiger partial charge in [-0.05, 0) is 64.0 Å². The van der Waals surface area contributed by atoms with Crippen molar-refractivity contribution in [2.24, 2.45) is 0 Å². The van der Waals surface area contributed by atoms with E-state index in [0.717, 1.165) is 38.3 Å². The average molecular weight is 589 g/mol. The van der Waals surface area contributed by atoms with E-state index in [1.807, 2.05) is 72.8 Å². The Morgan fingerprint density at radius 2 is 1.33 bits per heavy atom. The van der Waals surface area contributed by atoms with Crippen LogP contribution in [-0.4, -0.2) is 4.57 Å². The normalized spacial score (nSPS) is 16.9. The van der Waals surface area contributed by atoms with Crippen molar-refractivity contribution >= 4 is 32.6 Å². The molecule has 0 saturated carbocycles. The molecule has 1 aromatic heterocycles. The fourth-order valence-corrected chi connectivity index (χ4v) is 6.53. The summed E-state index contributed by atoms with van der Waals surface area (Å²) < 4.78 is 107. The molecule has 2 heterocycles. The average Bonchev–Trinajstić information content (AvgIpc) is 3.54. The number of nitrogens with zero attached hydrogens (tertiary/aromatic N) is 1. The number of para-hydroxylation sites is 2. The lowest BCUT2D eigenvalue weighted by Gasteiger charge is -2.34. The van der Waals surface area contributed by atoms with Crippen LogP contribution in [0.3, 0.4) is 0 Å². The number of fused-ring (bicyclic) bond motifs is 7. The Balaban J connectivity index is 1.32. The quantitative estimate of drug-likeness (QED) is 0.200. The maximum absolute atomic E-state index is 9.45. The molecule has 214 valence electrons. The lowest BCUT2D eigenvalue weighted by Crippen LogP contribution is -2.24. The molecule has 0 atom stereocenters. The Kier molecular flexibility index (Phi) is 3.67. The predicted octanol–water partition coefficient (Wildman–Crippen LogP) is 11.7. The molecule has 0 radical (unpaired) electrons. The van der Waals surface area contributed by atoms with Gasteiger partial charge >= 0.3 is 0 Å². The fourth-order valence-electron chi connectivity index (χ4n) is 6.53. The monoisotopic (exact) mass is 588 g/mol. The molecule has 45 heavy (non-hydrogen) atoms. The first kappa shape index (κ1) is 17.0. The maximum atomic E-state index is 9.45. The predicted molar refractivity (Wildman–Crippen MR) is 188 cm³/mol. The number of rotatable bonds is 3. The van der Waals surface area contributed by atoms with Crippen LogP contribution in [0.1, 0.15) is 40.1 Å². The SMILES string of the molecule is [2H]c1c([2H])c([2H])c2c(c1[2H])Oc1c([2H])c([2H])c(-c3c([2H])c([2H])c(-c4cccc5c4c4ccc6ccccc6c4n5-c4ccccc4)c([2H])c3[2H])c([2H])c1C2(C)C. The molecule has 0 N–H and O–H groups in total. The van der Waals surface area contributed by atoms with Crippen molar-refractivity contribution in [2.75, 3.05) is 0 Å². The first-order valence-electron chi connectivity index (χ1n) is 20.2. The molecule has 0 spiro atoms. The van der Waals surface area contributed by atoms with Gasteiger partial charge in [0, 0.05) is 38.4 Å². The maximum Gasteiger partial charge on any atom is 0.131 e. The van der Waals surface area contributed by atoms with Crippen LogP contribution in [0, 0.1) is 0 Å². The van der Waals surface area contributed by atoms with E-state index in [4.69, 9.17) is 13.0 Å². The molecule has 0 unspecified atom stereocenters. The van der Waals surface area contributed by atoms with Gasteiger partial charge in [-0.1, -0.05) is 129 Å². The summed E-state index contributed by atoms with van der Waals surface area (Å²) >= 11 is 0. The molecule has 0 fully saturated rings. The number of hydrogen-bond acceptors (Lipinski definition) is 1. The second-order valence-corrected chi connectivity index (χ2v) is 11.7. The lowest BCUT2D eigenvalue weighted by molar-refractivity contribution is 0.418. The van der Waals surface area contributed by atoms with Crippen LogP contribution in [0.2, 0.25) is 0 Å². The van der Waals surface area contributed by atoms with E-state index in [-0.39, 0.29) is 57.4 Å². The summed E-state index contributed by atoms with van der Waals surface area (Å²) in [5, 5.41) is 3.62. The van der Waals surface area contributed by atoms with Crippen molar-refractivity contribution < 1.29 is 19.8 Å². The zero-order valence-corrected chi connectivity index (χ0v) is 24.4. The van der Waals surface area contributed by atoms with Crippen LogP contribution in [0.4, 0.5) is 0 Å². The van der Waals surface area contributed by atoms with Crippen molar-refractivity contribution in [3.8, 4) is 39.4 Å². The summed E-state index contributed by atoms with van der Waals surface area (Å²) in [6, 6.07) is 22.5. The van der Waals surface area contributed by atoms with Gasteiger partial charge in [-0.3, -0.25) is 0 Å². The molecule has 0 bridgehead atoms. The van der Waals surface area contributed by atoms with Crippen LogP contribution in [-0.2, 0) is 5.41 Å². The van der Waals surface area contributed by atoms with E-state index >= 15 is 0 Å². The fraction of sp³-hybridized carbons (Fsp3) is 0.0698. The van der Waals surface area contributed by atoms with Crippen LogP contribution in [0.5, 0.6) is 11.5 Å². The largest absolute Gasteiger partial charge is 0.457 e. The summed E-state index contributed by atoms with van der Waals surface area (Å²) in [5.41, 5.74) is 1.29. The van der Waals surface area contributed by atoms with Crippen LogP contribution >= 0.6 is 0 Å². The standard InChI is InChI=1S/C43H31NO/c1-43(2)36-16-8-9-18-39(36)45-40-26-24-31(27-37(40)43)28-19-21-30(22-20-28)33-15-10-17-38-41(33)35-25-23-29-11-6-7-14-34(29)42(35)44(38)32-12-4-3-5-13-32/h3-27H,1-2H3/i8D,9D,16D,18D,19D,20D,21D,22D,24D,26D,27D. The molecule has 0 amide bonds. The molecule has 9 rings (SSSR count). The summed E-state index contributed by atoms with van der Waals surface area (Å²) in [4.78, 5) is 0. The van der Waals surface area contributed by atoms with Crippen LogP contribution in [0.15, 0.2) is 151 Å². The molecule has 8 aromatic rings. The molecule has 2 nitrogen and oxygen atoms in total. The number of benzene rings is 7. The molecule has 1 aliphatic heterocycles. The van der Waals surface area contributed by atoms with Crippen molar-refractivity contribution in [1.29, 1.82) is 0 Å². The Morgan fingerprint density at radius 1 is 0.600 bits per heavy atom. The topological polar surface area (TPSA) is 14.2 Å². The van der Waals surface area contributed by atoms with E-state index in [1.165, 1.54) is 0 Å². The highest BCUT2D eigenvalue weighted by Crippen LogP contribution is 2.49. The minimum Gasteiger partial charge on any atom is -0.457 e. The molecule has 1 aliphatic rings. The van der Waals surface area contributed by atoms with Gasteiger partial charge in [-0.25, -0.2) is 0 Å². The number of hydrogen-bond donors (Lipinski definition) is 0. The highest BCUT2D eigenvalue weighted by molar-refractivity contribution is 6.22. The van der Waals surface area contributed by atoms with Gasteiger partial charge in [0.05, 0.1) is 26.1 Å². The zero-order valence-electron chi connectivity index (χ0n) is 35.4. The first-order valence-corrected chi connectivity index (χ1v) is 14.7. The van der Waals surface area contributed by atoms with Crippen molar-refractivity contribution in [3.63, 3.8) is 0 Å². The van der Waals surface area contributed by atoms with E-state index in [0.29, 0.717) is 5.56 Å². The van der Waals surface area contributed by atoms with Crippen molar-refractivity contribution in [3.05, 3.63) is 163 Å². The zero-order chi connectivity index (χ0) is 39.7. The molecule has 2 heteroatoms. The molecular weight excluding hydrogens is 546 g/mol. The summed E-state index contributed by atoms with van der Waals surface area (Å²) in [7, 11) is 0. The minimum atomic E-state index is -1.35. The molecule has 0 aliphatic carbocycles. The third kappa shape index (κ3) is 3.89. The Bertz CT molecular complexity index is 3020. The van der Waals surface area contributed by atoms with Gasteiger partial charge in [0.2, 0.25) is 0 Å². The summed E-state index contributed by atoms with van der Waals surface area (Å²) in [6.45, 7) is 3.26.